The number of hydrogen-bond acceptors (Lipinski definition) is 3. The molecule has 1 aromatic carbocycles. The molecule has 0 saturated carbocycles. The highest BCUT2D eigenvalue weighted by Gasteiger charge is 2.18. The van der Waals surface area contributed by atoms with Crippen molar-refractivity contribution in [1.29, 1.82) is 0 Å². The molecule has 4 nitrogen and oxygen atoms in total. The van der Waals surface area contributed by atoms with Gasteiger partial charge in [0.1, 0.15) is 5.82 Å². The Hall–Kier alpha value is -1.46. The lowest BCUT2D eigenvalue weighted by Gasteiger charge is -2.08. The molecule has 0 bridgehead atoms. The van der Waals surface area contributed by atoms with Gasteiger partial charge in [-0.1, -0.05) is 0 Å². The van der Waals surface area contributed by atoms with E-state index < -0.39 is 23.7 Å². The summed E-state index contributed by atoms with van der Waals surface area (Å²) in [5.41, 5.74) is -0.170. The number of ketones is 1. The molecule has 0 radical (unpaired) electrons. The number of aliphatic hydroxyl groups excluding tert-OH is 1. The average Bonchev–Trinajstić information content (AvgIpc) is 2.27. The van der Waals surface area contributed by atoms with E-state index >= 15 is 0 Å². The van der Waals surface area contributed by atoms with E-state index in [0.717, 1.165) is 18.2 Å². The molecule has 17 heavy (non-hydrogen) atoms. The number of alkyl halides is 1. The predicted molar refractivity (Wildman–Crippen MR) is 58.7 cm³/mol. The third-order valence-corrected chi connectivity index (χ3v) is 2.30. The summed E-state index contributed by atoms with van der Waals surface area (Å²) in [5, 5.41) is 17.8. The van der Waals surface area contributed by atoms with Crippen LogP contribution in [0.15, 0.2) is 18.2 Å². The second-order valence-corrected chi connectivity index (χ2v) is 3.75. The molecule has 0 aromatic heterocycles. The highest BCUT2D eigenvalue weighted by atomic mass is 35.5. The van der Waals surface area contributed by atoms with Gasteiger partial charge >= 0.3 is 5.97 Å². The quantitative estimate of drug-likeness (QED) is 0.625. The van der Waals surface area contributed by atoms with E-state index in [1.54, 1.807) is 0 Å². The maximum atomic E-state index is 13.2. The van der Waals surface area contributed by atoms with Crippen molar-refractivity contribution >= 4 is 23.4 Å². The number of halogens is 2. The van der Waals surface area contributed by atoms with Gasteiger partial charge in [0, 0.05) is 17.9 Å². The molecule has 1 rings (SSSR count). The van der Waals surface area contributed by atoms with E-state index in [-0.39, 0.29) is 23.4 Å². The van der Waals surface area contributed by atoms with Crippen molar-refractivity contribution in [2.45, 2.75) is 12.5 Å². The lowest BCUT2D eigenvalue weighted by molar-refractivity contribution is -0.146. The molecule has 0 aliphatic rings. The number of carboxylic acid groups (broad SMARTS) is 1. The Bertz CT molecular complexity index is 447. The highest BCUT2D eigenvalue weighted by Crippen LogP contribution is 2.18. The van der Waals surface area contributed by atoms with Crippen LogP contribution >= 0.6 is 11.6 Å². The van der Waals surface area contributed by atoms with Gasteiger partial charge in [0.05, 0.1) is 0 Å². The second-order valence-electron chi connectivity index (χ2n) is 3.38. The topological polar surface area (TPSA) is 74.6 Å². The first-order chi connectivity index (χ1) is 7.95. The molecule has 0 saturated heterocycles. The van der Waals surface area contributed by atoms with Crippen LogP contribution < -0.4 is 0 Å². The van der Waals surface area contributed by atoms with Crippen LogP contribution in [0.25, 0.3) is 0 Å². The maximum Gasteiger partial charge on any atom is 0.337 e. The minimum absolute atomic E-state index is 0.000880. The lowest BCUT2D eigenvalue weighted by Crippen LogP contribution is -2.12. The van der Waals surface area contributed by atoms with Crippen molar-refractivity contribution in [3.05, 3.63) is 35.1 Å². The summed E-state index contributed by atoms with van der Waals surface area (Å²) in [6.45, 7) is 0. The molecule has 1 unspecified atom stereocenters. The zero-order valence-corrected chi connectivity index (χ0v) is 9.45. The van der Waals surface area contributed by atoms with Crippen LogP contribution in [0.3, 0.4) is 0 Å². The SMILES string of the molecule is O=C(CCCl)c1cc(F)cc(C(O)C(=O)O)c1. The first-order valence-electron chi connectivity index (χ1n) is 4.76. The normalized spacial score (nSPS) is 12.2. The van der Waals surface area contributed by atoms with Crippen LogP contribution in [0.2, 0.25) is 0 Å². The zero-order chi connectivity index (χ0) is 13.0. The zero-order valence-electron chi connectivity index (χ0n) is 8.69. The van der Waals surface area contributed by atoms with Crippen LogP contribution in [0.1, 0.15) is 28.4 Å². The molecule has 0 amide bonds. The second kappa shape index (κ2) is 5.75. The summed E-state index contributed by atoms with van der Waals surface area (Å²) >= 11 is 5.38. The largest absolute Gasteiger partial charge is 0.479 e. The van der Waals surface area contributed by atoms with Crippen LogP contribution in [-0.4, -0.2) is 27.8 Å². The third kappa shape index (κ3) is 3.51. The smallest absolute Gasteiger partial charge is 0.337 e. The van der Waals surface area contributed by atoms with Gasteiger partial charge in [0.15, 0.2) is 11.9 Å². The van der Waals surface area contributed by atoms with Gasteiger partial charge in [0.2, 0.25) is 0 Å². The monoisotopic (exact) mass is 260 g/mol. The number of hydrogen-bond donors (Lipinski definition) is 2. The first-order valence-corrected chi connectivity index (χ1v) is 5.29. The minimum atomic E-state index is -1.85. The van der Waals surface area contributed by atoms with Gasteiger partial charge in [0.25, 0.3) is 0 Å². The number of carboxylic acids is 1. The molecule has 2 N–H and O–H groups in total. The Balaban J connectivity index is 3.10. The van der Waals surface area contributed by atoms with Crippen LogP contribution in [0, 0.1) is 5.82 Å². The number of aliphatic carboxylic acids is 1. The van der Waals surface area contributed by atoms with Crippen molar-refractivity contribution in [3.63, 3.8) is 0 Å². The Labute approximate surface area is 102 Å². The van der Waals surface area contributed by atoms with E-state index in [1.165, 1.54) is 0 Å². The van der Waals surface area contributed by atoms with E-state index in [2.05, 4.69) is 0 Å². The van der Waals surface area contributed by atoms with Crippen molar-refractivity contribution < 1.29 is 24.2 Å². The summed E-state index contributed by atoms with van der Waals surface area (Å²) in [4.78, 5) is 22.0. The number of carbonyl (C=O) groups excluding carboxylic acids is 1. The van der Waals surface area contributed by atoms with Gasteiger partial charge in [-0.25, -0.2) is 9.18 Å². The summed E-state index contributed by atoms with van der Waals surface area (Å²) in [6.07, 6.45) is -1.83. The fourth-order valence-electron chi connectivity index (χ4n) is 1.30. The molecule has 0 spiro atoms. The van der Waals surface area contributed by atoms with Gasteiger partial charge in [-0.15, -0.1) is 11.6 Å². The molecular formula is C11H10ClFO4. The summed E-state index contributed by atoms with van der Waals surface area (Å²) in [5.74, 6) is -2.60. The molecule has 92 valence electrons. The molecule has 1 aromatic rings. The highest BCUT2D eigenvalue weighted by molar-refractivity contribution is 6.19. The standard InChI is InChI=1S/C11H10ClFO4/c12-2-1-9(14)6-3-7(5-8(13)4-6)10(15)11(16)17/h3-5,10,15H,1-2H2,(H,16,17). The van der Waals surface area contributed by atoms with Crippen molar-refractivity contribution in [1.82, 2.24) is 0 Å². The molecular weight excluding hydrogens is 251 g/mol. The Kier molecular flexibility index (Phi) is 4.60. The molecule has 1 atom stereocenters. The van der Waals surface area contributed by atoms with E-state index in [9.17, 15) is 19.1 Å². The maximum absolute atomic E-state index is 13.2. The Morgan fingerprint density at radius 2 is 2.00 bits per heavy atom. The van der Waals surface area contributed by atoms with Crippen molar-refractivity contribution in [2.75, 3.05) is 5.88 Å². The fourth-order valence-corrected chi connectivity index (χ4v) is 1.48. The first kappa shape index (κ1) is 13.6. The van der Waals surface area contributed by atoms with Crippen LogP contribution in [-0.2, 0) is 4.79 Å². The van der Waals surface area contributed by atoms with E-state index in [4.69, 9.17) is 16.7 Å². The molecule has 0 aliphatic heterocycles. The van der Waals surface area contributed by atoms with Crippen LogP contribution in [0.5, 0.6) is 0 Å². The Morgan fingerprint density at radius 1 is 1.35 bits per heavy atom. The number of rotatable bonds is 5. The average molecular weight is 261 g/mol. The minimum Gasteiger partial charge on any atom is -0.479 e. The van der Waals surface area contributed by atoms with Gasteiger partial charge < -0.3 is 10.2 Å². The summed E-state index contributed by atoms with van der Waals surface area (Å²) < 4.78 is 13.2. The van der Waals surface area contributed by atoms with E-state index in [1.807, 2.05) is 0 Å². The Morgan fingerprint density at radius 3 is 2.53 bits per heavy atom. The van der Waals surface area contributed by atoms with Crippen molar-refractivity contribution in [3.8, 4) is 0 Å². The van der Waals surface area contributed by atoms with Crippen LogP contribution in [0.4, 0.5) is 4.39 Å². The van der Waals surface area contributed by atoms with Gasteiger partial charge in [-0.2, -0.15) is 0 Å². The van der Waals surface area contributed by atoms with Gasteiger partial charge in [-0.05, 0) is 23.8 Å². The number of Topliss-reactive ketones (excluding diaryl/α,β-unsaturated/α-hetero) is 1. The van der Waals surface area contributed by atoms with E-state index in [0.29, 0.717) is 0 Å². The third-order valence-electron chi connectivity index (χ3n) is 2.11. The summed E-state index contributed by atoms with van der Waals surface area (Å²) in [6, 6.07) is 3.00. The molecule has 0 heterocycles. The number of benzene rings is 1. The number of carbonyl (C=O) groups is 2. The lowest BCUT2D eigenvalue weighted by atomic mass is 10.0. The fraction of sp³-hybridized carbons (Fsp3) is 0.273. The number of aliphatic hydroxyl groups is 1. The molecule has 6 heteroatoms. The molecule has 0 aliphatic carbocycles. The predicted octanol–water partition coefficient (Wildman–Crippen LogP) is 1.76. The summed E-state index contributed by atoms with van der Waals surface area (Å²) in [7, 11) is 0. The van der Waals surface area contributed by atoms with Gasteiger partial charge in [-0.3, -0.25) is 4.79 Å². The van der Waals surface area contributed by atoms with Crippen molar-refractivity contribution in [2.24, 2.45) is 0 Å². The molecule has 0 fully saturated rings.